The van der Waals surface area contributed by atoms with Crippen LogP contribution in [-0.2, 0) is 22.4 Å². The minimum atomic E-state index is -0.351. The number of nitrogens with zero attached hydrogens (tertiary/aromatic N) is 3. The maximum Gasteiger partial charge on any atom is 0.290 e. The van der Waals surface area contributed by atoms with Gasteiger partial charge in [-0.25, -0.2) is 4.98 Å². The molecule has 3 aromatic rings. The maximum absolute atomic E-state index is 12.8. The van der Waals surface area contributed by atoms with Crippen LogP contribution in [-0.4, -0.2) is 58.2 Å². The summed E-state index contributed by atoms with van der Waals surface area (Å²) in [4.78, 5) is 45.8. The first-order chi connectivity index (χ1) is 17.4. The van der Waals surface area contributed by atoms with Crippen molar-refractivity contribution in [1.29, 1.82) is 0 Å². The van der Waals surface area contributed by atoms with E-state index < -0.39 is 0 Å². The molecular formula is C27H32N4O4S. The number of aromatic nitrogens is 1. The van der Waals surface area contributed by atoms with E-state index in [0.29, 0.717) is 16.7 Å². The molecule has 0 saturated carbocycles. The third-order valence-corrected chi connectivity index (χ3v) is 7.20. The van der Waals surface area contributed by atoms with Crippen molar-refractivity contribution in [2.45, 2.75) is 45.6 Å². The van der Waals surface area contributed by atoms with Crippen LogP contribution in [0.1, 0.15) is 48.5 Å². The molecule has 1 aliphatic heterocycles. The van der Waals surface area contributed by atoms with Gasteiger partial charge in [0, 0.05) is 24.5 Å². The number of rotatable bonds is 9. The largest absolute Gasteiger partial charge is 0.459 e. The number of carbonyl (C=O) groups excluding carboxylic acids is 3. The first-order valence-corrected chi connectivity index (χ1v) is 13.2. The van der Waals surface area contributed by atoms with Gasteiger partial charge in [0.2, 0.25) is 11.8 Å². The lowest BCUT2D eigenvalue weighted by Crippen LogP contribution is -2.42. The fourth-order valence-corrected chi connectivity index (χ4v) is 5.12. The first kappa shape index (κ1) is 25.6. The van der Waals surface area contributed by atoms with Gasteiger partial charge in [-0.05, 0) is 56.7 Å². The van der Waals surface area contributed by atoms with E-state index >= 15 is 0 Å². The second-order valence-corrected chi connectivity index (χ2v) is 10.2. The third-order valence-electron chi connectivity index (χ3n) is 6.40. The molecule has 3 heterocycles. The van der Waals surface area contributed by atoms with Crippen LogP contribution in [0, 0.1) is 5.92 Å². The van der Waals surface area contributed by atoms with E-state index in [1.165, 1.54) is 28.1 Å². The van der Waals surface area contributed by atoms with E-state index in [0.717, 1.165) is 32.4 Å². The van der Waals surface area contributed by atoms with Gasteiger partial charge in [-0.2, -0.15) is 0 Å². The molecule has 3 amide bonds. The van der Waals surface area contributed by atoms with Crippen molar-refractivity contribution in [1.82, 2.24) is 14.8 Å². The Kier molecular flexibility index (Phi) is 8.53. The number of thiazole rings is 1. The SMILES string of the molecule is CC(C)N(CC(=O)Nc1nc(CC(=O)N2CCC(Cc3ccccc3)CC2)cs1)C(=O)c1ccco1. The highest BCUT2D eigenvalue weighted by atomic mass is 32.1. The van der Waals surface area contributed by atoms with Gasteiger partial charge in [0.05, 0.1) is 18.4 Å². The molecule has 9 heteroatoms. The van der Waals surface area contributed by atoms with E-state index in [4.69, 9.17) is 4.42 Å². The summed E-state index contributed by atoms with van der Waals surface area (Å²) in [6.07, 6.45) is 4.70. The van der Waals surface area contributed by atoms with Crippen LogP contribution in [0.25, 0.3) is 0 Å². The summed E-state index contributed by atoms with van der Waals surface area (Å²) in [5, 5.41) is 4.96. The summed E-state index contributed by atoms with van der Waals surface area (Å²) in [5.74, 6) is 0.157. The van der Waals surface area contributed by atoms with Crippen molar-refractivity contribution in [3.63, 3.8) is 0 Å². The fraction of sp³-hybridized carbons (Fsp3) is 0.407. The molecule has 4 rings (SSSR count). The molecule has 0 unspecified atom stereocenters. The standard InChI is InChI=1S/C27H32N4O4S/c1-19(2)31(26(34)23-9-6-14-35-23)17-24(32)29-27-28-22(18-36-27)16-25(33)30-12-10-21(11-13-30)15-20-7-4-3-5-8-20/h3-9,14,18-19,21H,10-13,15-17H2,1-2H3,(H,28,29,32). The number of furan rings is 1. The lowest BCUT2D eigenvalue weighted by molar-refractivity contribution is -0.131. The molecule has 1 aliphatic rings. The smallest absolute Gasteiger partial charge is 0.290 e. The van der Waals surface area contributed by atoms with Gasteiger partial charge >= 0.3 is 0 Å². The van der Waals surface area contributed by atoms with Crippen LogP contribution in [0.2, 0.25) is 0 Å². The van der Waals surface area contributed by atoms with Gasteiger partial charge in [-0.1, -0.05) is 30.3 Å². The average Bonchev–Trinajstić information content (AvgIpc) is 3.56. The number of piperidine rings is 1. The highest BCUT2D eigenvalue weighted by molar-refractivity contribution is 7.13. The molecule has 1 N–H and O–H groups in total. The molecule has 0 bridgehead atoms. The predicted octanol–water partition coefficient (Wildman–Crippen LogP) is 4.25. The molecule has 1 aromatic carbocycles. The van der Waals surface area contributed by atoms with Crippen molar-refractivity contribution < 1.29 is 18.8 Å². The van der Waals surface area contributed by atoms with Crippen molar-refractivity contribution in [2.75, 3.05) is 25.0 Å². The zero-order valence-corrected chi connectivity index (χ0v) is 21.5. The molecule has 36 heavy (non-hydrogen) atoms. The van der Waals surface area contributed by atoms with E-state index in [1.807, 2.05) is 24.8 Å². The summed E-state index contributed by atoms with van der Waals surface area (Å²) in [6.45, 7) is 5.08. The topological polar surface area (TPSA) is 95.8 Å². The summed E-state index contributed by atoms with van der Waals surface area (Å²) in [5.41, 5.74) is 1.99. The van der Waals surface area contributed by atoms with Crippen LogP contribution in [0.5, 0.6) is 0 Å². The van der Waals surface area contributed by atoms with Gasteiger partial charge in [0.25, 0.3) is 5.91 Å². The number of hydrogen-bond acceptors (Lipinski definition) is 6. The van der Waals surface area contributed by atoms with Gasteiger partial charge in [0.1, 0.15) is 6.54 Å². The number of hydrogen-bond donors (Lipinski definition) is 1. The summed E-state index contributed by atoms with van der Waals surface area (Å²) < 4.78 is 5.18. The number of amides is 3. The Morgan fingerprint density at radius 1 is 1.14 bits per heavy atom. The molecule has 2 aromatic heterocycles. The number of carbonyl (C=O) groups is 3. The highest BCUT2D eigenvalue weighted by Gasteiger charge is 2.25. The Hall–Kier alpha value is -3.46. The molecule has 190 valence electrons. The summed E-state index contributed by atoms with van der Waals surface area (Å²) >= 11 is 1.27. The van der Waals surface area contributed by atoms with Gasteiger partial charge in [-0.3, -0.25) is 14.4 Å². The predicted molar refractivity (Wildman–Crippen MR) is 139 cm³/mol. The third kappa shape index (κ3) is 6.81. The first-order valence-electron chi connectivity index (χ1n) is 12.3. The average molecular weight is 509 g/mol. The number of likely N-dealkylation sites (tertiary alicyclic amines) is 1. The van der Waals surface area contributed by atoms with Gasteiger partial charge in [-0.15, -0.1) is 11.3 Å². The lowest BCUT2D eigenvalue weighted by Gasteiger charge is -2.32. The molecule has 1 saturated heterocycles. The quantitative estimate of drug-likeness (QED) is 0.466. The molecular weight excluding hydrogens is 476 g/mol. The summed E-state index contributed by atoms with van der Waals surface area (Å²) in [7, 11) is 0. The Balaban J connectivity index is 1.24. The van der Waals surface area contributed by atoms with Crippen molar-refractivity contribution >= 4 is 34.2 Å². The van der Waals surface area contributed by atoms with E-state index in [1.54, 1.807) is 17.5 Å². The minimum Gasteiger partial charge on any atom is -0.459 e. The lowest BCUT2D eigenvalue weighted by atomic mass is 9.90. The van der Waals surface area contributed by atoms with Crippen LogP contribution in [0.15, 0.2) is 58.5 Å². The van der Waals surface area contributed by atoms with E-state index in [9.17, 15) is 14.4 Å². The van der Waals surface area contributed by atoms with Crippen LogP contribution in [0.3, 0.4) is 0 Å². The second kappa shape index (κ2) is 12.0. The van der Waals surface area contributed by atoms with Crippen LogP contribution in [0.4, 0.5) is 5.13 Å². The molecule has 0 aliphatic carbocycles. The Morgan fingerprint density at radius 3 is 2.56 bits per heavy atom. The Labute approximate surface area is 215 Å². The monoisotopic (exact) mass is 508 g/mol. The van der Waals surface area contributed by atoms with Crippen molar-refractivity contribution in [3.05, 3.63) is 71.1 Å². The second-order valence-electron chi connectivity index (χ2n) is 9.39. The molecule has 0 atom stereocenters. The van der Waals surface area contributed by atoms with Crippen LogP contribution < -0.4 is 5.32 Å². The van der Waals surface area contributed by atoms with E-state index in [2.05, 4.69) is 34.6 Å². The summed E-state index contributed by atoms with van der Waals surface area (Å²) in [6, 6.07) is 13.5. The fourth-order valence-electron chi connectivity index (χ4n) is 4.39. The number of anilines is 1. The van der Waals surface area contributed by atoms with Crippen LogP contribution >= 0.6 is 11.3 Å². The molecule has 0 radical (unpaired) electrons. The molecule has 1 fully saturated rings. The highest BCUT2D eigenvalue weighted by Crippen LogP contribution is 2.23. The van der Waals surface area contributed by atoms with Gasteiger partial charge < -0.3 is 19.5 Å². The Morgan fingerprint density at radius 2 is 1.89 bits per heavy atom. The molecule has 0 spiro atoms. The number of nitrogens with one attached hydrogen (secondary N) is 1. The van der Waals surface area contributed by atoms with Crippen molar-refractivity contribution in [2.24, 2.45) is 5.92 Å². The van der Waals surface area contributed by atoms with E-state index in [-0.39, 0.29) is 42.5 Å². The zero-order valence-electron chi connectivity index (χ0n) is 20.7. The Bertz CT molecular complexity index is 1150. The zero-order chi connectivity index (χ0) is 25.5. The van der Waals surface area contributed by atoms with Crippen molar-refractivity contribution in [3.8, 4) is 0 Å². The minimum absolute atomic E-state index is 0.0614. The number of benzene rings is 1. The maximum atomic E-state index is 12.8. The van der Waals surface area contributed by atoms with Gasteiger partial charge in [0.15, 0.2) is 10.9 Å². The molecule has 8 nitrogen and oxygen atoms in total. The normalized spacial score (nSPS) is 14.1.